The Kier molecular flexibility index (Phi) is 5.79. The van der Waals surface area contributed by atoms with Gasteiger partial charge in [0.25, 0.3) is 5.91 Å². The van der Waals surface area contributed by atoms with E-state index in [0.717, 1.165) is 40.2 Å². The van der Waals surface area contributed by atoms with Crippen LogP contribution < -0.4 is 5.32 Å². The summed E-state index contributed by atoms with van der Waals surface area (Å²) in [6.07, 6.45) is 5.57. The van der Waals surface area contributed by atoms with Crippen LogP contribution in [0.25, 0.3) is 10.2 Å². The van der Waals surface area contributed by atoms with Crippen molar-refractivity contribution in [2.75, 3.05) is 36.5 Å². The molecule has 1 aliphatic heterocycles. The molecule has 3 heterocycles. The fourth-order valence-corrected chi connectivity index (χ4v) is 6.96. The van der Waals surface area contributed by atoms with Crippen LogP contribution >= 0.6 is 11.3 Å². The van der Waals surface area contributed by atoms with Crippen molar-refractivity contribution in [3.8, 4) is 0 Å². The van der Waals surface area contributed by atoms with E-state index in [4.69, 9.17) is 0 Å². The number of aryl methyl sites for hydroxylation is 1. The lowest BCUT2D eigenvalue weighted by molar-refractivity contribution is 0.0752. The molecule has 29 heavy (non-hydrogen) atoms. The first-order valence-electron chi connectivity index (χ1n) is 10.4. The second kappa shape index (κ2) is 8.18. The number of thiophene rings is 1. The SMILES string of the molecule is CCCN(CC1CC1)C(=O)c1sc2ncnc(NC[C@H]3CCS(=O)(=O)C3)c2c1C. The summed E-state index contributed by atoms with van der Waals surface area (Å²) in [6.45, 7) is 6.24. The van der Waals surface area contributed by atoms with Crippen LogP contribution in [0.3, 0.4) is 0 Å². The molecule has 1 saturated carbocycles. The Labute approximate surface area is 175 Å². The van der Waals surface area contributed by atoms with E-state index in [-0.39, 0.29) is 23.3 Å². The molecule has 0 bridgehead atoms. The molecule has 9 heteroatoms. The second-order valence-corrected chi connectivity index (χ2v) is 11.5. The lowest BCUT2D eigenvalue weighted by Gasteiger charge is -2.21. The minimum Gasteiger partial charge on any atom is -0.369 e. The maximum absolute atomic E-state index is 13.2. The van der Waals surface area contributed by atoms with Crippen LogP contribution in [0.15, 0.2) is 6.33 Å². The molecule has 0 unspecified atom stereocenters. The van der Waals surface area contributed by atoms with Gasteiger partial charge in [-0.25, -0.2) is 18.4 Å². The number of carbonyl (C=O) groups is 1. The monoisotopic (exact) mass is 436 g/mol. The fraction of sp³-hybridized carbons (Fsp3) is 0.650. The zero-order valence-corrected chi connectivity index (χ0v) is 18.6. The largest absolute Gasteiger partial charge is 0.369 e. The highest BCUT2D eigenvalue weighted by Gasteiger charge is 2.30. The van der Waals surface area contributed by atoms with Gasteiger partial charge < -0.3 is 10.2 Å². The molecule has 0 radical (unpaired) electrons. The van der Waals surface area contributed by atoms with E-state index in [1.807, 2.05) is 11.8 Å². The van der Waals surface area contributed by atoms with Gasteiger partial charge in [-0.15, -0.1) is 11.3 Å². The third-order valence-electron chi connectivity index (χ3n) is 5.76. The summed E-state index contributed by atoms with van der Waals surface area (Å²) in [6, 6.07) is 0. The Morgan fingerprint density at radius 2 is 2.07 bits per heavy atom. The molecule has 1 N–H and O–H groups in total. The van der Waals surface area contributed by atoms with Gasteiger partial charge in [-0.1, -0.05) is 6.92 Å². The highest BCUT2D eigenvalue weighted by Crippen LogP contribution is 2.36. The van der Waals surface area contributed by atoms with Crippen LogP contribution in [0.4, 0.5) is 5.82 Å². The van der Waals surface area contributed by atoms with Crippen LogP contribution in [0, 0.1) is 18.8 Å². The van der Waals surface area contributed by atoms with Gasteiger partial charge in [0.1, 0.15) is 17.0 Å². The standard InChI is InChI=1S/C20H28N4O3S2/c1-3-7-24(10-14-4-5-14)20(25)17-13(2)16-18(22-12-23-19(16)28-17)21-9-15-6-8-29(26,27)11-15/h12,14-15H,3-11H2,1-2H3,(H,21,22,23)/t15-/m1/s1. The van der Waals surface area contributed by atoms with Crippen LogP contribution in [-0.2, 0) is 9.84 Å². The van der Waals surface area contributed by atoms with Crippen molar-refractivity contribution in [3.63, 3.8) is 0 Å². The maximum atomic E-state index is 13.2. The quantitative estimate of drug-likeness (QED) is 0.684. The molecule has 1 atom stereocenters. The van der Waals surface area contributed by atoms with Crippen molar-refractivity contribution in [3.05, 3.63) is 16.8 Å². The highest BCUT2D eigenvalue weighted by atomic mass is 32.2. The van der Waals surface area contributed by atoms with Crippen molar-refractivity contribution in [2.45, 2.75) is 39.5 Å². The van der Waals surface area contributed by atoms with Gasteiger partial charge in [0.2, 0.25) is 0 Å². The second-order valence-electron chi connectivity index (χ2n) is 8.30. The minimum atomic E-state index is -2.90. The van der Waals surface area contributed by atoms with Crippen molar-refractivity contribution in [2.24, 2.45) is 11.8 Å². The Morgan fingerprint density at radius 1 is 1.28 bits per heavy atom. The predicted octanol–water partition coefficient (Wildman–Crippen LogP) is 3.11. The van der Waals surface area contributed by atoms with Crippen LogP contribution in [0.1, 0.15) is 47.8 Å². The van der Waals surface area contributed by atoms with Gasteiger partial charge >= 0.3 is 0 Å². The third kappa shape index (κ3) is 4.55. The van der Waals surface area contributed by atoms with Gasteiger partial charge in [0.05, 0.1) is 21.8 Å². The number of hydrogen-bond donors (Lipinski definition) is 1. The number of carbonyl (C=O) groups excluding carboxylic acids is 1. The number of anilines is 1. The van der Waals surface area contributed by atoms with Crippen LogP contribution in [-0.4, -0.2) is 60.3 Å². The molecule has 2 aromatic heterocycles. The van der Waals surface area contributed by atoms with Crippen molar-refractivity contribution < 1.29 is 13.2 Å². The van der Waals surface area contributed by atoms with Crippen molar-refractivity contribution in [1.29, 1.82) is 0 Å². The molecule has 4 rings (SSSR count). The Hall–Kier alpha value is -1.74. The summed E-state index contributed by atoms with van der Waals surface area (Å²) in [7, 11) is -2.90. The zero-order valence-electron chi connectivity index (χ0n) is 17.0. The van der Waals surface area contributed by atoms with Gasteiger partial charge in [-0.3, -0.25) is 4.79 Å². The van der Waals surface area contributed by atoms with E-state index in [1.165, 1.54) is 30.5 Å². The number of nitrogens with one attached hydrogen (secondary N) is 1. The van der Waals surface area contributed by atoms with E-state index in [2.05, 4.69) is 22.2 Å². The van der Waals surface area contributed by atoms with E-state index >= 15 is 0 Å². The van der Waals surface area contributed by atoms with Crippen molar-refractivity contribution >= 4 is 43.1 Å². The van der Waals surface area contributed by atoms with E-state index in [1.54, 1.807) is 0 Å². The lowest BCUT2D eigenvalue weighted by atomic mass is 10.1. The number of fused-ring (bicyclic) bond motifs is 1. The average molecular weight is 437 g/mol. The summed E-state index contributed by atoms with van der Waals surface area (Å²) in [5.74, 6) is 2.03. The summed E-state index contributed by atoms with van der Waals surface area (Å²) < 4.78 is 23.4. The molecule has 2 aliphatic rings. The zero-order chi connectivity index (χ0) is 20.6. The number of rotatable bonds is 8. The first-order valence-corrected chi connectivity index (χ1v) is 13.0. The molecule has 0 spiro atoms. The molecule has 1 amide bonds. The summed E-state index contributed by atoms with van der Waals surface area (Å²) in [5.41, 5.74) is 0.911. The predicted molar refractivity (Wildman–Crippen MR) is 116 cm³/mol. The highest BCUT2D eigenvalue weighted by molar-refractivity contribution is 7.91. The number of nitrogens with zero attached hydrogens (tertiary/aromatic N) is 3. The molecule has 7 nitrogen and oxygen atoms in total. The molecule has 1 saturated heterocycles. The van der Waals surface area contributed by atoms with Gasteiger partial charge in [-0.05, 0) is 50.0 Å². The smallest absolute Gasteiger partial charge is 0.264 e. The summed E-state index contributed by atoms with van der Waals surface area (Å²) in [5, 5.41) is 4.20. The molecular formula is C20H28N4O3S2. The summed E-state index contributed by atoms with van der Waals surface area (Å²) in [4.78, 5) is 25.5. The molecule has 2 fully saturated rings. The summed E-state index contributed by atoms with van der Waals surface area (Å²) >= 11 is 1.43. The van der Waals surface area contributed by atoms with E-state index in [9.17, 15) is 13.2 Å². The third-order valence-corrected chi connectivity index (χ3v) is 8.79. The molecule has 0 aromatic carbocycles. The van der Waals surface area contributed by atoms with E-state index < -0.39 is 9.84 Å². The maximum Gasteiger partial charge on any atom is 0.264 e. The van der Waals surface area contributed by atoms with Gasteiger partial charge in [0.15, 0.2) is 9.84 Å². The Morgan fingerprint density at radius 3 is 2.72 bits per heavy atom. The molecule has 2 aromatic rings. The first-order chi connectivity index (χ1) is 13.9. The number of hydrogen-bond acceptors (Lipinski definition) is 7. The molecular weight excluding hydrogens is 408 g/mol. The van der Waals surface area contributed by atoms with Crippen molar-refractivity contribution in [1.82, 2.24) is 14.9 Å². The fourth-order valence-electron chi connectivity index (χ4n) is 3.99. The van der Waals surface area contributed by atoms with Gasteiger partial charge in [0, 0.05) is 19.6 Å². The van der Waals surface area contributed by atoms with Gasteiger partial charge in [-0.2, -0.15) is 0 Å². The Bertz CT molecular complexity index is 1010. The Balaban J connectivity index is 1.56. The average Bonchev–Trinajstić information content (AvgIpc) is 3.35. The van der Waals surface area contributed by atoms with Crippen LogP contribution in [0.5, 0.6) is 0 Å². The topological polar surface area (TPSA) is 92.3 Å². The van der Waals surface area contributed by atoms with E-state index in [0.29, 0.717) is 24.7 Å². The molecule has 1 aliphatic carbocycles. The molecule has 158 valence electrons. The number of aromatic nitrogens is 2. The normalized spacial score (nSPS) is 20.8. The lowest BCUT2D eigenvalue weighted by Crippen LogP contribution is -2.33. The number of sulfone groups is 1. The first kappa shape index (κ1) is 20.5. The minimum absolute atomic E-state index is 0.0899. The van der Waals surface area contributed by atoms with Crippen LogP contribution in [0.2, 0.25) is 0 Å². The number of amides is 1.